The molecule has 0 aliphatic heterocycles. The highest BCUT2D eigenvalue weighted by Gasteiger charge is 2.14. The Morgan fingerprint density at radius 2 is 1.71 bits per heavy atom. The Morgan fingerprint density at radius 1 is 0.968 bits per heavy atom. The zero-order valence-electron chi connectivity index (χ0n) is 16.2. The summed E-state index contributed by atoms with van der Waals surface area (Å²) in [5.74, 6) is -1.77. The number of urea groups is 1. The second-order valence-corrected chi connectivity index (χ2v) is 6.72. The minimum atomic E-state index is -0.885. The summed E-state index contributed by atoms with van der Waals surface area (Å²) in [6.07, 6.45) is 3.27. The molecule has 0 bridgehead atoms. The average molecular weight is 421 g/mol. The largest absolute Gasteiger partial charge is 0.332 e. The number of fused-ring (bicyclic) bond motifs is 1. The monoisotopic (exact) mass is 421 g/mol. The molecule has 0 aliphatic rings. The van der Waals surface area contributed by atoms with Gasteiger partial charge in [0.05, 0.1) is 24.2 Å². The van der Waals surface area contributed by atoms with Crippen LogP contribution < -0.4 is 16.2 Å². The zero-order valence-corrected chi connectivity index (χ0v) is 16.2. The van der Waals surface area contributed by atoms with E-state index < -0.39 is 23.4 Å². The van der Waals surface area contributed by atoms with Crippen LogP contribution in [0.25, 0.3) is 10.8 Å². The lowest BCUT2D eigenvalue weighted by molar-refractivity contribution is 0.251. The number of pyridine rings is 1. The fourth-order valence-electron chi connectivity index (χ4n) is 3.15. The number of halogens is 2. The van der Waals surface area contributed by atoms with Crippen LogP contribution in [0, 0.1) is 11.6 Å². The smallest absolute Gasteiger partial charge is 0.319 e. The first-order chi connectivity index (χ1) is 15.0. The lowest BCUT2D eigenvalue weighted by atomic mass is 10.1. The van der Waals surface area contributed by atoms with Crippen LogP contribution in [0.5, 0.6) is 0 Å². The number of hydrogen-bond donors (Lipinski definition) is 2. The van der Waals surface area contributed by atoms with Crippen LogP contribution in [-0.2, 0) is 13.1 Å². The van der Waals surface area contributed by atoms with Gasteiger partial charge < -0.3 is 10.6 Å². The van der Waals surface area contributed by atoms with Crippen molar-refractivity contribution in [2.24, 2.45) is 0 Å². The molecule has 0 saturated carbocycles. The van der Waals surface area contributed by atoms with Crippen molar-refractivity contribution >= 4 is 22.5 Å². The van der Waals surface area contributed by atoms with E-state index in [1.54, 1.807) is 42.7 Å². The molecule has 0 spiro atoms. The average Bonchev–Trinajstić information content (AvgIpc) is 2.78. The maximum atomic E-state index is 13.7. The molecule has 2 amide bonds. The van der Waals surface area contributed by atoms with Crippen LogP contribution in [0.15, 0.2) is 71.8 Å². The van der Waals surface area contributed by atoms with Gasteiger partial charge in [-0.1, -0.05) is 30.3 Å². The number of nitrogens with zero attached hydrogens (tertiary/aromatic N) is 3. The van der Waals surface area contributed by atoms with Gasteiger partial charge in [0.15, 0.2) is 0 Å². The molecule has 2 heterocycles. The molecule has 31 heavy (non-hydrogen) atoms. The van der Waals surface area contributed by atoms with Gasteiger partial charge in [-0.2, -0.15) is 5.10 Å². The third-order valence-corrected chi connectivity index (χ3v) is 4.62. The Kier molecular flexibility index (Phi) is 5.65. The van der Waals surface area contributed by atoms with Gasteiger partial charge in [-0.15, -0.1) is 0 Å². The SMILES string of the molecule is O=C(NCc1nn(Cc2cccnc2)c(=O)c2ccccc12)Nc1c(F)cccc1F. The van der Waals surface area contributed by atoms with Crippen molar-refractivity contribution in [3.8, 4) is 0 Å². The molecular formula is C22H17F2N5O2. The van der Waals surface area contributed by atoms with Gasteiger partial charge in [-0.25, -0.2) is 18.3 Å². The second kappa shape index (κ2) is 8.70. The summed E-state index contributed by atoms with van der Waals surface area (Å²) in [7, 11) is 0. The van der Waals surface area contributed by atoms with E-state index in [0.717, 1.165) is 17.7 Å². The van der Waals surface area contributed by atoms with Crippen molar-refractivity contribution < 1.29 is 13.6 Å². The van der Waals surface area contributed by atoms with Crippen LogP contribution in [-0.4, -0.2) is 20.8 Å². The van der Waals surface area contributed by atoms with Crippen LogP contribution in [0.4, 0.5) is 19.3 Å². The number of carbonyl (C=O) groups is 1. The van der Waals surface area contributed by atoms with Crippen molar-refractivity contribution in [2.45, 2.75) is 13.1 Å². The number of para-hydroxylation sites is 1. The molecule has 2 aromatic heterocycles. The summed E-state index contributed by atoms with van der Waals surface area (Å²) in [5.41, 5.74) is 0.405. The molecule has 2 N–H and O–H groups in total. The predicted molar refractivity (Wildman–Crippen MR) is 112 cm³/mol. The zero-order chi connectivity index (χ0) is 21.8. The van der Waals surface area contributed by atoms with E-state index in [-0.39, 0.29) is 18.6 Å². The Morgan fingerprint density at radius 3 is 2.42 bits per heavy atom. The minimum absolute atomic E-state index is 0.0598. The van der Waals surface area contributed by atoms with E-state index in [1.165, 1.54) is 10.7 Å². The number of benzene rings is 2. The van der Waals surface area contributed by atoms with Gasteiger partial charge >= 0.3 is 6.03 Å². The lowest BCUT2D eigenvalue weighted by Crippen LogP contribution is -2.31. The molecule has 4 rings (SSSR count). The third kappa shape index (κ3) is 4.40. The van der Waals surface area contributed by atoms with Crippen molar-refractivity contribution in [3.05, 3.63) is 100 Å². The summed E-state index contributed by atoms with van der Waals surface area (Å²) in [4.78, 5) is 29.1. The fourth-order valence-corrected chi connectivity index (χ4v) is 3.15. The molecule has 0 unspecified atom stereocenters. The van der Waals surface area contributed by atoms with E-state index in [9.17, 15) is 18.4 Å². The maximum absolute atomic E-state index is 13.7. The van der Waals surface area contributed by atoms with Crippen LogP contribution in [0.1, 0.15) is 11.3 Å². The van der Waals surface area contributed by atoms with E-state index in [4.69, 9.17) is 0 Å². The first-order valence-electron chi connectivity index (χ1n) is 9.39. The topological polar surface area (TPSA) is 88.9 Å². The van der Waals surface area contributed by atoms with Crippen LogP contribution in [0.3, 0.4) is 0 Å². The number of hydrogen-bond acceptors (Lipinski definition) is 4. The number of anilines is 1. The van der Waals surface area contributed by atoms with Gasteiger partial charge in [0.2, 0.25) is 0 Å². The quantitative estimate of drug-likeness (QED) is 0.517. The molecule has 0 atom stereocenters. The standard InChI is InChI=1S/C22H17F2N5O2/c23-17-8-3-9-18(24)20(17)27-22(31)26-12-19-15-6-1-2-7-16(15)21(30)29(28-19)13-14-5-4-10-25-11-14/h1-11H,12-13H2,(H2,26,27,31). The molecule has 0 saturated heterocycles. The molecule has 0 radical (unpaired) electrons. The highest BCUT2D eigenvalue weighted by molar-refractivity contribution is 5.90. The first-order valence-corrected chi connectivity index (χ1v) is 9.39. The number of amides is 2. The summed E-state index contributed by atoms with van der Waals surface area (Å²) in [6, 6.07) is 13.0. The summed E-state index contributed by atoms with van der Waals surface area (Å²) in [6.45, 7) is 0.146. The molecule has 0 aliphatic carbocycles. The maximum Gasteiger partial charge on any atom is 0.319 e. The van der Waals surface area contributed by atoms with Crippen molar-refractivity contribution in [1.29, 1.82) is 0 Å². The summed E-state index contributed by atoms with van der Waals surface area (Å²) >= 11 is 0. The molecule has 0 fully saturated rings. The highest BCUT2D eigenvalue weighted by Crippen LogP contribution is 2.18. The predicted octanol–water partition coefficient (Wildman–Crippen LogP) is 3.44. The van der Waals surface area contributed by atoms with Gasteiger partial charge in [0.25, 0.3) is 5.56 Å². The summed E-state index contributed by atoms with van der Waals surface area (Å²) in [5, 5.41) is 10.1. The molecule has 2 aromatic carbocycles. The van der Waals surface area contributed by atoms with Crippen LogP contribution in [0.2, 0.25) is 0 Å². The van der Waals surface area contributed by atoms with E-state index >= 15 is 0 Å². The van der Waals surface area contributed by atoms with Crippen molar-refractivity contribution in [1.82, 2.24) is 20.1 Å². The highest BCUT2D eigenvalue weighted by atomic mass is 19.1. The fraction of sp³-hybridized carbons (Fsp3) is 0.0909. The number of aromatic nitrogens is 3. The summed E-state index contributed by atoms with van der Waals surface area (Å²) < 4.78 is 28.8. The normalized spacial score (nSPS) is 10.8. The Balaban J connectivity index is 1.60. The molecule has 9 heteroatoms. The van der Waals surface area contributed by atoms with E-state index in [0.29, 0.717) is 16.5 Å². The van der Waals surface area contributed by atoms with E-state index in [1.807, 2.05) is 6.07 Å². The molecular weight excluding hydrogens is 404 g/mol. The Hall–Kier alpha value is -4.14. The number of carbonyl (C=O) groups excluding carboxylic acids is 1. The van der Waals surface area contributed by atoms with Crippen molar-refractivity contribution in [3.63, 3.8) is 0 Å². The lowest BCUT2D eigenvalue weighted by Gasteiger charge is -2.13. The Labute approximate surface area is 175 Å². The first kappa shape index (κ1) is 20.1. The molecule has 7 nitrogen and oxygen atoms in total. The molecule has 156 valence electrons. The Bertz CT molecular complexity index is 1290. The minimum Gasteiger partial charge on any atom is -0.332 e. The number of nitrogens with one attached hydrogen (secondary N) is 2. The molecule has 4 aromatic rings. The van der Waals surface area contributed by atoms with Gasteiger partial charge in [-0.05, 0) is 29.8 Å². The van der Waals surface area contributed by atoms with E-state index in [2.05, 4.69) is 20.7 Å². The third-order valence-electron chi connectivity index (χ3n) is 4.62. The number of rotatable bonds is 5. The van der Waals surface area contributed by atoms with Gasteiger partial charge in [-0.3, -0.25) is 9.78 Å². The van der Waals surface area contributed by atoms with Crippen LogP contribution >= 0.6 is 0 Å². The second-order valence-electron chi connectivity index (χ2n) is 6.72. The van der Waals surface area contributed by atoms with Crippen molar-refractivity contribution in [2.75, 3.05) is 5.32 Å². The van der Waals surface area contributed by atoms with Gasteiger partial charge in [0.1, 0.15) is 17.3 Å². The van der Waals surface area contributed by atoms with Gasteiger partial charge in [0, 0.05) is 17.8 Å².